The molecule has 1 aliphatic carbocycles. The molecule has 1 saturated carbocycles. The van der Waals surface area contributed by atoms with Crippen LogP contribution in [0.3, 0.4) is 0 Å². The van der Waals surface area contributed by atoms with Crippen LogP contribution in [0.2, 0.25) is 0 Å². The molecule has 1 fully saturated rings. The second-order valence-electron chi connectivity index (χ2n) is 5.61. The Bertz CT molecular complexity index is 495. The summed E-state index contributed by atoms with van der Waals surface area (Å²) < 4.78 is 17.6. The molecule has 0 aliphatic heterocycles. The fraction of sp³-hybridized carbons (Fsp3) is 0.529. The van der Waals surface area contributed by atoms with Crippen molar-refractivity contribution in [3.8, 4) is 0 Å². The molecule has 114 valence electrons. The van der Waals surface area contributed by atoms with Gasteiger partial charge < -0.3 is 4.74 Å². The number of aryl methyl sites for hydroxylation is 1. The highest BCUT2D eigenvalue weighted by Gasteiger charge is 2.37. The molecule has 0 heterocycles. The summed E-state index contributed by atoms with van der Waals surface area (Å²) in [5.74, 6) is -0.782. The van der Waals surface area contributed by atoms with Crippen molar-refractivity contribution in [2.75, 3.05) is 7.11 Å². The van der Waals surface area contributed by atoms with Crippen molar-refractivity contribution in [3.05, 3.63) is 35.6 Å². The van der Waals surface area contributed by atoms with Gasteiger partial charge in [0, 0.05) is 12.3 Å². The Morgan fingerprint density at radius 2 is 1.86 bits per heavy atom. The zero-order valence-electron chi connectivity index (χ0n) is 12.3. The largest absolute Gasteiger partial charge is 0.469 e. The zero-order chi connectivity index (χ0) is 15.2. The number of rotatable bonds is 6. The first-order valence-corrected chi connectivity index (χ1v) is 7.47. The van der Waals surface area contributed by atoms with Crippen molar-refractivity contribution in [2.45, 2.75) is 38.5 Å². The lowest BCUT2D eigenvalue weighted by Gasteiger charge is -2.16. The van der Waals surface area contributed by atoms with E-state index in [1.807, 2.05) is 0 Å². The third-order valence-electron chi connectivity index (χ3n) is 4.24. The standard InChI is InChI=1S/C17H21FO3/c1-21-17(20)15-6-3-5-14(15)16(19)7-2-4-12-8-10-13(18)11-9-12/h8-11,14-15H,2-7H2,1H3/t14-,15-/m1/s1. The van der Waals surface area contributed by atoms with Gasteiger partial charge in [-0.25, -0.2) is 4.39 Å². The number of Topliss-reactive ketones (excluding diaryl/α,β-unsaturated/α-hetero) is 1. The molecule has 0 amide bonds. The fourth-order valence-electron chi connectivity index (χ4n) is 3.08. The van der Waals surface area contributed by atoms with Crippen molar-refractivity contribution in [2.24, 2.45) is 11.8 Å². The molecule has 1 aromatic carbocycles. The Hall–Kier alpha value is -1.71. The van der Waals surface area contributed by atoms with E-state index in [0.717, 1.165) is 37.7 Å². The lowest BCUT2D eigenvalue weighted by molar-refractivity contribution is -0.149. The molecule has 2 atom stereocenters. The summed E-state index contributed by atoms with van der Waals surface area (Å²) in [5, 5.41) is 0. The average Bonchev–Trinajstić information content (AvgIpc) is 2.98. The smallest absolute Gasteiger partial charge is 0.309 e. The topological polar surface area (TPSA) is 43.4 Å². The first-order valence-electron chi connectivity index (χ1n) is 7.47. The van der Waals surface area contributed by atoms with Gasteiger partial charge in [0.15, 0.2) is 0 Å². The van der Waals surface area contributed by atoms with E-state index in [9.17, 15) is 14.0 Å². The highest BCUT2D eigenvalue weighted by Crippen LogP contribution is 2.34. The van der Waals surface area contributed by atoms with Crippen molar-refractivity contribution in [1.82, 2.24) is 0 Å². The second kappa shape index (κ2) is 7.34. The predicted molar refractivity (Wildman–Crippen MR) is 77.2 cm³/mol. The molecule has 0 bridgehead atoms. The first kappa shape index (κ1) is 15.7. The van der Waals surface area contributed by atoms with Gasteiger partial charge in [0.25, 0.3) is 0 Å². The van der Waals surface area contributed by atoms with Crippen molar-refractivity contribution >= 4 is 11.8 Å². The molecule has 0 saturated heterocycles. The number of carbonyl (C=O) groups excluding carboxylic acids is 2. The lowest BCUT2D eigenvalue weighted by Crippen LogP contribution is -2.26. The van der Waals surface area contributed by atoms with Gasteiger partial charge in [-0.15, -0.1) is 0 Å². The van der Waals surface area contributed by atoms with Crippen LogP contribution in [0.1, 0.15) is 37.7 Å². The maximum absolute atomic E-state index is 12.8. The number of carbonyl (C=O) groups is 2. The van der Waals surface area contributed by atoms with E-state index in [-0.39, 0.29) is 29.4 Å². The van der Waals surface area contributed by atoms with Crippen molar-refractivity contribution in [1.29, 1.82) is 0 Å². The number of hydrogen-bond donors (Lipinski definition) is 0. The summed E-state index contributed by atoms with van der Waals surface area (Å²) in [6.45, 7) is 0. The summed E-state index contributed by atoms with van der Waals surface area (Å²) in [7, 11) is 1.37. The predicted octanol–water partition coefficient (Wildman–Crippen LogP) is 3.31. The second-order valence-corrected chi connectivity index (χ2v) is 5.61. The lowest BCUT2D eigenvalue weighted by atomic mass is 9.89. The van der Waals surface area contributed by atoms with Gasteiger partial charge in [0.2, 0.25) is 0 Å². The van der Waals surface area contributed by atoms with E-state index in [0.29, 0.717) is 6.42 Å². The van der Waals surface area contributed by atoms with Gasteiger partial charge in [-0.2, -0.15) is 0 Å². The van der Waals surface area contributed by atoms with Crippen LogP contribution in [0.15, 0.2) is 24.3 Å². The van der Waals surface area contributed by atoms with Crippen LogP contribution in [0, 0.1) is 17.7 Å². The van der Waals surface area contributed by atoms with Crippen LogP contribution in [0.5, 0.6) is 0 Å². The number of benzene rings is 1. The summed E-state index contributed by atoms with van der Waals surface area (Å²) >= 11 is 0. The summed E-state index contributed by atoms with van der Waals surface area (Å²) in [5.41, 5.74) is 1.03. The van der Waals surface area contributed by atoms with Crippen LogP contribution < -0.4 is 0 Å². The maximum atomic E-state index is 12.8. The molecule has 0 radical (unpaired) electrons. The normalized spacial score (nSPS) is 21.2. The molecule has 0 aromatic heterocycles. The molecule has 0 unspecified atom stereocenters. The van der Waals surface area contributed by atoms with Gasteiger partial charge in [0.1, 0.15) is 11.6 Å². The summed E-state index contributed by atoms with van der Waals surface area (Å²) in [4.78, 5) is 23.9. The van der Waals surface area contributed by atoms with Crippen LogP contribution >= 0.6 is 0 Å². The van der Waals surface area contributed by atoms with E-state index < -0.39 is 0 Å². The molecule has 1 aromatic rings. The van der Waals surface area contributed by atoms with Crippen LogP contribution in [0.25, 0.3) is 0 Å². The Kier molecular flexibility index (Phi) is 5.48. The molecular weight excluding hydrogens is 271 g/mol. The molecular formula is C17H21FO3. The number of halogens is 1. The Morgan fingerprint density at radius 1 is 1.19 bits per heavy atom. The Labute approximate surface area is 124 Å². The van der Waals surface area contributed by atoms with E-state index >= 15 is 0 Å². The monoisotopic (exact) mass is 292 g/mol. The molecule has 0 spiro atoms. The first-order chi connectivity index (χ1) is 10.1. The quantitative estimate of drug-likeness (QED) is 0.756. The number of ketones is 1. The van der Waals surface area contributed by atoms with Gasteiger partial charge in [-0.05, 0) is 43.4 Å². The molecule has 0 N–H and O–H groups in total. The van der Waals surface area contributed by atoms with Crippen molar-refractivity contribution < 1.29 is 18.7 Å². The van der Waals surface area contributed by atoms with E-state index in [2.05, 4.69) is 0 Å². The molecule has 21 heavy (non-hydrogen) atoms. The summed E-state index contributed by atoms with van der Waals surface area (Å²) in [6.07, 6.45) is 4.40. The zero-order valence-corrected chi connectivity index (χ0v) is 12.3. The van der Waals surface area contributed by atoms with Gasteiger partial charge >= 0.3 is 5.97 Å². The highest BCUT2D eigenvalue weighted by atomic mass is 19.1. The molecule has 1 aliphatic rings. The minimum absolute atomic E-state index is 0.157. The Balaban J connectivity index is 1.81. The average molecular weight is 292 g/mol. The molecule has 3 nitrogen and oxygen atoms in total. The van der Waals surface area contributed by atoms with Gasteiger partial charge in [0.05, 0.1) is 13.0 Å². The third kappa shape index (κ3) is 4.13. The van der Waals surface area contributed by atoms with Crippen LogP contribution in [0.4, 0.5) is 4.39 Å². The number of hydrogen-bond acceptors (Lipinski definition) is 3. The summed E-state index contributed by atoms with van der Waals surface area (Å²) in [6, 6.07) is 6.35. The third-order valence-corrected chi connectivity index (χ3v) is 4.24. The number of esters is 1. The minimum Gasteiger partial charge on any atom is -0.469 e. The maximum Gasteiger partial charge on any atom is 0.309 e. The number of ether oxygens (including phenoxy) is 1. The SMILES string of the molecule is COC(=O)[C@@H]1CCC[C@H]1C(=O)CCCc1ccc(F)cc1. The Morgan fingerprint density at radius 3 is 2.52 bits per heavy atom. The van der Waals surface area contributed by atoms with Gasteiger partial charge in [-0.3, -0.25) is 9.59 Å². The van der Waals surface area contributed by atoms with E-state index in [1.165, 1.54) is 19.2 Å². The van der Waals surface area contributed by atoms with Gasteiger partial charge in [-0.1, -0.05) is 18.6 Å². The molecule has 4 heteroatoms. The number of methoxy groups -OCH3 is 1. The molecule has 2 rings (SSSR count). The minimum atomic E-state index is -0.260. The fourth-order valence-corrected chi connectivity index (χ4v) is 3.08. The van der Waals surface area contributed by atoms with Crippen LogP contribution in [-0.4, -0.2) is 18.9 Å². The highest BCUT2D eigenvalue weighted by molar-refractivity contribution is 5.87. The van der Waals surface area contributed by atoms with Crippen LogP contribution in [-0.2, 0) is 20.7 Å². The van der Waals surface area contributed by atoms with E-state index in [4.69, 9.17) is 4.74 Å². The van der Waals surface area contributed by atoms with Crippen molar-refractivity contribution in [3.63, 3.8) is 0 Å². The van der Waals surface area contributed by atoms with E-state index in [1.54, 1.807) is 12.1 Å².